The number of likely N-dealkylation sites (N-methyl/N-ethyl adjacent to an activating group) is 1. The fourth-order valence-electron chi connectivity index (χ4n) is 3.53. The van der Waals surface area contributed by atoms with Crippen LogP contribution in [-0.2, 0) is 0 Å². The summed E-state index contributed by atoms with van der Waals surface area (Å²) in [5, 5.41) is 7.92. The Hall–Kier alpha value is -3.23. The maximum Gasteiger partial charge on any atom is 0.184 e. The molecule has 1 aromatic heterocycles. The van der Waals surface area contributed by atoms with Crippen LogP contribution in [-0.4, -0.2) is 36.1 Å². The number of nitrogens with one attached hydrogen (secondary N) is 1. The highest BCUT2D eigenvalue weighted by molar-refractivity contribution is 6.30. The van der Waals surface area contributed by atoms with Crippen LogP contribution in [0.4, 0.5) is 21.5 Å². The van der Waals surface area contributed by atoms with E-state index >= 15 is 0 Å². The molecule has 2 heterocycles. The third-order valence-electron chi connectivity index (χ3n) is 5.09. The van der Waals surface area contributed by atoms with Gasteiger partial charge in [0.05, 0.1) is 27.9 Å². The van der Waals surface area contributed by atoms with Crippen molar-refractivity contribution in [2.24, 2.45) is 5.29 Å². The van der Waals surface area contributed by atoms with Crippen molar-refractivity contribution in [2.75, 3.05) is 30.5 Å². The third-order valence-corrected chi connectivity index (χ3v) is 5.38. The number of aromatic nitrogens is 1. The van der Waals surface area contributed by atoms with Gasteiger partial charge in [0.15, 0.2) is 11.6 Å². The van der Waals surface area contributed by atoms with Gasteiger partial charge >= 0.3 is 0 Å². The summed E-state index contributed by atoms with van der Waals surface area (Å²) >= 11 is 5.79. The molecular formula is C22H21ClFN5O2. The second-order valence-electron chi connectivity index (χ2n) is 7.33. The second-order valence-corrected chi connectivity index (χ2v) is 7.73. The van der Waals surface area contributed by atoms with Gasteiger partial charge in [-0.1, -0.05) is 17.7 Å². The van der Waals surface area contributed by atoms with Crippen molar-refractivity contribution in [3.8, 4) is 11.5 Å². The predicted octanol–water partition coefficient (Wildman–Crippen LogP) is 5.60. The van der Waals surface area contributed by atoms with Crippen LogP contribution in [0, 0.1) is 10.7 Å². The van der Waals surface area contributed by atoms with Gasteiger partial charge in [0.2, 0.25) is 0 Å². The largest absolute Gasteiger partial charge is 0.454 e. The summed E-state index contributed by atoms with van der Waals surface area (Å²) in [7, 11) is 2.08. The first-order valence-corrected chi connectivity index (χ1v) is 10.2. The van der Waals surface area contributed by atoms with Crippen LogP contribution in [0.15, 0.2) is 66.2 Å². The first kappa shape index (κ1) is 21.0. The molecule has 4 rings (SSSR count). The smallest absolute Gasteiger partial charge is 0.184 e. The second kappa shape index (κ2) is 9.28. The lowest BCUT2D eigenvalue weighted by molar-refractivity contribution is 0.414. The van der Waals surface area contributed by atoms with Crippen LogP contribution < -0.4 is 15.1 Å². The number of pyridine rings is 1. The summed E-state index contributed by atoms with van der Waals surface area (Å²) in [6.45, 7) is 1.94. The van der Waals surface area contributed by atoms with E-state index in [1.807, 2.05) is 6.07 Å². The quantitative estimate of drug-likeness (QED) is 0.380. The number of rotatable bonds is 7. The monoisotopic (exact) mass is 441 g/mol. The zero-order valence-corrected chi connectivity index (χ0v) is 17.6. The highest BCUT2D eigenvalue weighted by Gasteiger charge is 2.22. The van der Waals surface area contributed by atoms with Crippen LogP contribution in [0.25, 0.3) is 0 Å². The zero-order chi connectivity index (χ0) is 21.8. The number of benzene rings is 2. The van der Waals surface area contributed by atoms with E-state index in [-0.39, 0.29) is 16.8 Å². The summed E-state index contributed by atoms with van der Waals surface area (Å²) in [4.78, 5) is 18.1. The lowest BCUT2D eigenvalue weighted by Crippen LogP contribution is -2.24. The molecule has 0 radical (unpaired) electrons. The van der Waals surface area contributed by atoms with E-state index in [4.69, 9.17) is 16.3 Å². The predicted molar refractivity (Wildman–Crippen MR) is 120 cm³/mol. The molecule has 31 heavy (non-hydrogen) atoms. The molecule has 0 amide bonds. The van der Waals surface area contributed by atoms with Gasteiger partial charge in [-0.15, -0.1) is 4.91 Å². The number of ether oxygens (including phenoxy) is 1. The van der Waals surface area contributed by atoms with E-state index in [1.54, 1.807) is 42.7 Å². The Bertz CT molecular complexity index is 1070. The number of nitroso groups, excluding NO2 is 1. The van der Waals surface area contributed by atoms with Crippen molar-refractivity contribution in [1.82, 2.24) is 9.88 Å². The number of halogens is 2. The molecule has 0 bridgehead atoms. The van der Waals surface area contributed by atoms with Gasteiger partial charge < -0.3 is 15.0 Å². The first-order chi connectivity index (χ1) is 15.0. The van der Waals surface area contributed by atoms with Crippen molar-refractivity contribution in [1.29, 1.82) is 0 Å². The Morgan fingerprint density at radius 3 is 2.77 bits per heavy atom. The lowest BCUT2D eigenvalue weighted by atomic mass is 10.2. The fourth-order valence-corrected chi connectivity index (χ4v) is 3.69. The molecule has 1 unspecified atom stereocenters. The normalized spacial score (nSPS) is 16.2. The maximum atomic E-state index is 14.1. The minimum Gasteiger partial charge on any atom is -0.454 e. The standard InChI is InChI=1S/C22H21ClFN5O2/c1-28-12-10-15(14-28)26-19-9-11-25-13-20(19)29(27-30)16-5-7-17(8-6-16)31-21-4-2-3-18(23)22(21)24/h2-9,11,13,15H,10,12,14H2,1H3,(H,25,26). The molecule has 1 fully saturated rings. The molecular weight excluding hydrogens is 421 g/mol. The molecule has 1 aliphatic heterocycles. The minimum atomic E-state index is -0.631. The van der Waals surface area contributed by atoms with E-state index < -0.39 is 5.82 Å². The number of likely N-dealkylation sites (tertiary alicyclic amines) is 1. The van der Waals surface area contributed by atoms with E-state index in [9.17, 15) is 9.30 Å². The van der Waals surface area contributed by atoms with Crippen LogP contribution in [0.5, 0.6) is 11.5 Å². The SMILES string of the molecule is CN1CCC(Nc2ccncc2N(N=O)c2ccc(Oc3cccc(Cl)c3F)cc2)C1. The van der Waals surface area contributed by atoms with Crippen LogP contribution in [0.3, 0.4) is 0 Å². The molecule has 1 atom stereocenters. The van der Waals surface area contributed by atoms with Gasteiger partial charge in [0.25, 0.3) is 0 Å². The Balaban J connectivity index is 1.54. The minimum absolute atomic E-state index is 0.0180. The van der Waals surface area contributed by atoms with Gasteiger partial charge in [0, 0.05) is 18.8 Å². The Morgan fingerprint density at radius 2 is 2.06 bits per heavy atom. The molecule has 0 aliphatic carbocycles. The summed E-state index contributed by atoms with van der Waals surface area (Å²) in [6.07, 6.45) is 4.27. The van der Waals surface area contributed by atoms with Crippen molar-refractivity contribution in [3.05, 3.63) is 76.7 Å². The third kappa shape index (κ3) is 4.76. The van der Waals surface area contributed by atoms with Crippen LogP contribution >= 0.6 is 11.6 Å². The average Bonchev–Trinajstić information content (AvgIpc) is 3.19. The summed E-state index contributed by atoms with van der Waals surface area (Å²) in [5.74, 6) is -0.215. The van der Waals surface area contributed by atoms with Gasteiger partial charge in [-0.2, -0.15) is 5.01 Å². The van der Waals surface area contributed by atoms with Crippen LogP contribution in [0.2, 0.25) is 5.02 Å². The van der Waals surface area contributed by atoms with Crippen molar-refractivity contribution >= 4 is 28.7 Å². The lowest BCUT2D eigenvalue weighted by Gasteiger charge is -2.22. The molecule has 2 aromatic carbocycles. The first-order valence-electron chi connectivity index (χ1n) is 9.79. The van der Waals surface area contributed by atoms with E-state index in [0.717, 1.165) is 25.2 Å². The van der Waals surface area contributed by atoms with Gasteiger partial charge in [-0.3, -0.25) is 4.98 Å². The summed E-state index contributed by atoms with van der Waals surface area (Å²) in [6, 6.07) is 13.2. The van der Waals surface area contributed by atoms with Crippen molar-refractivity contribution in [2.45, 2.75) is 12.5 Å². The topological polar surface area (TPSA) is 70.1 Å². The highest BCUT2D eigenvalue weighted by Crippen LogP contribution is 2.35. The Kier molecular flexibility index (Phi) is 6.29. The molecule has 9 heteroatoms. The molecule has 1 saturated heterocycles. The average molecular weight is 442 g/mol. The van der Waals surface area contributed by atoms with E-state index in [2.05, 4.69) is 27.5 Å². The van der Waals surface area contributed by atoms with Gasteiger partial charge in [0.1, 0.15) is 11.4 Å². The molecule has 1 N–H and O–H groups in total. The number of nitrogens with zero attached hydrogens (tertiary/aromatic N) is 4. The molecule has 1 aliphatic rings. The Labute approximate surface area is 184 Å². The van der Waals surface area contributed by atoms with Gasteiger partial charge in [-0.25, -0.2) is 4.39 Å². The fraction of sp³-hybridized carbons (Fsp3) is 0.227. The van der Waals surface area contributed by atoms with Crippen molar-refractivity contribution in [3.63, 3.8) is 0 Å². The van der Waals surface area contributed by atoms with Crippen molar-refractivity contribution < 1.29 is 9.13 Å². The maximum absolute atomic E-state index is 14.1. The number of hydrogen-bond donors (Lipinski definition) is 1. The molecule has 0 saturated carbocycles. The van der Waals surface area contributed by atoms with Gasteiger partial charge in [-0.05, 0) is 62.5 Å². The molecule has 160 valence electrons. The molecule has 3 aromatic rings. The van der Waals surface area contributed by atoms with E-state index in [1.165, 1.54) is 17.1 Å². The highest BCUT2D eigenvalue weighted by atomic mass is 35.5. The summed E-state index contributed by atoms with van der Waals surface area (Å²) < 4.78 is 19.6. The Morgan fingerprint density at radius 1 is 1.26 bits per heavy atom. The zero-order valence-electron chi connectivity index (χ0n) is 16.8. The molecule has 7 nitrogen and oxygen atoms in total. The summed E-state index contributed by atoms with van der Waals surface area (Å²) in [5.41, 5.74) is 1.84. The number of anilines is 3. The van der Waals surface area contributed by atoms with Crippen LogP contribution in [0.1, 0.15) is 6.42 Å². The van der Waals surface area contributed by atoms with E-state index in [0.29, 0.717) is 17.1 Å². The molecule has 0 spiro atoms. The number of hydrogen-bond acceptors (Lipinski definition) is 6.